The summed E-state index contributed by atoms with van der Waals surface area (Å²) in [5.41, 5.74) is 4.02. The van der Waals surface area contributed by atoms with Gasteiger partial charge in [-0.3, -0.25) is 4.99 Å². The van der Waals surface area contributed by atoms with Crippen molar-refractivity contribution in [3.63, 3.8) is 0 Å². The highest BCUT2D eigenvalue weighted by molar-refractivity contribution is 7.91. The van der Waals surface area contributed by atoms with Crippen LogP contribution in [0.2, 0.25) is 0 Å². The van der Waals surface area contributed by atoms with Crippen molar-refractivity contribution in [3.05, 3.63) is 42.0 Å². The molecule has 0 spiro atoms. The SMILES string of the molecule is C=CCNC(=NCC1CCS(=O)(=O)C1)N1CCc2cc(C(C)(C)C)ccc21. The number of nitrogens with one attached hydrogen (secondary N) is 1. The van der Waals surface area contributed by atoms with E-state index in [-0.39, 0.29) is 17.1 Å². The van der Waals surface area contributed by atoms with E-state index in [0.29, 0.717) is 25.3 Å². The fourth-order valence-corrected chi connectivity index (χ4v) is 5.57. The second kappa shape index (κ2) is 7.66. The number of fused-ring (bicyclic) bond motifs is 1. The smallest absolute Gasteiger partial charge is 0.198 e. The van der Waals surface area contributed by atoms with Gasteiger partial charge >= 0.3 is 0 Å². The molecular weight excluding hydrogens is 358 g/mol. The fourth-order valence-electron chi connectivity index (χ4n) is 3.72. The number of anilines is 1. The van der Waals surface area contributed by atoms with Gasteiger partial charge in [-0.05, 0) is 41.4 Å². The molecule has 3 rings (SSSR count). The molecule has 6 heteroatoms. The summed E-state index contributed by atoms with van der Waals surface area (Å²) in [6, 6.07) is 6.70. The third-order valence-electron chi connectivity index (χ3n) is 5.33. The Kier molecular flexibility index (Phi) is 5.65. The Morgan fingerprint density at radius 2 is 2.19 bits per heavy atom. The molecule has 1 aromatic carbocycles. The quantitative estimate of drug-likeness (QED) is 0.489. The molecule has 1 N–H and O–H groups in total. The molecule has 1 unspecified atom stereocenters. The van der Waals surface area contributed by atoms with Gasteiger partial charge < -0.3 is 10.2 Å². The molecule has 1 aromatic rings. The molecule has 1 saturated heterocycles. The first-order valence-electron chi connectivity index (χ1n) is 9.70. The predicted octanol–water partition coefficient (Wildman–Crippen LogP) is 2.91. The summed E-state index contributed by atoms with van der Waals surface area (Å²) in [6.45, 7) is 12.5. The second-order valence-corrected chi connectivity index (χ2v) is 10.8. The van der Waals surface area contributed by atoms with Crippen molar-refractivity contribution in [2.24, 2.45) is 10.9 Å². The minimum absolute atomic E-state index is 0.126. The zero-order valence-electron chi connectivity index (χ0n) is 16.7. The lowest BCUT2D eigenvalue weighted by Gasteiger charge is -2.24. The molecule has 0 radical (unpaired) electrons. The van der Waals surface area contributed by atoms with Crippen LogP contribution in [0.25, 0.3) is 0 Å². The summed E-state index contributed by atoms with van der Waals surface area (Å²) in [5.74, 6) is 1.50. The highest BCUT2D eigenvalue weighted by Crippen LogP contribution is 2.33. The van der Waals surface area contributed by atoms with E-state index in [1.54, 1.807) is 0 Å². The third kappa shape index (κ3) is 4.72. The van der Waals surface area contributed by atoms with Gasteiger partial charge in [0.05, 0.1) is 11.5 Å². The van der Waals surface area contributed by atoms with Crippen LogP contribution >= 0.6 is 0 Å². The molecule has 2 aliphatic rings. The number of hydrogen-bond acceptors (Lipinski definition) is 3. The number of rotatable bonds is 4. The van der Waals surface area contributed by atoms with Crippen LogP contribution in [0.4, 0.5) is 5.69 Å². The number of benzene rings is 1. The maximum atomic E-state index is 11.7. The third-order valence-corrected chi connectivity index (χ3v) is 7.16. The van der Waals surface area contributed by atoms with E-state index in [9.17, 15) is 8.42 Å². The van der Waals surface area contributed by atoms with Crippen molar-refractivity contribution in [3.8, 4) is 0 Å². The standard InChI is InChI=1S/C21H31N3O2S/c1-5-10-22-20(23-14-16-9-12-27(25,26)15-16)24-11-8-17-13-18(21(2,3)4)6-7-19(17)24/h5-7,13,16H,1,8-12,14-15H2,2-4H3,(H,22,23). The molecule has 0 aromatic heterocycles. The van der Waals surface area contributed by atoms with E-state index in [1.807, 2.05) is 6.08 Å². The second-order valence-electron chi connectivity index (χ2n) is 8.60. The van der Waals surface area contributed by atoms with Gasteiger partial charge in [-0.25, -0.2) is 8.42 Å². The Labute approximate surface area is 163 Å². The Bertz CT molecular complexity index is 837. The van der Waals surface area contributed by atoms with E-state index in [4.69, 9.17) is 4.99 Å². The first-order valence-corrected chi connectivity index (χ1v) is 11.5. The van der Waals surface area contributed by atoms with Crippen molar-refractivity contribution >= 4 is 21.5 Å². The van der Waals surface area contributed by atoms with Crippen molar-refractivity contribution in [1.82, 2.24) is 5.32 Å². The Balaban J connectivity index is 1.81. The average Bonchev–Trinajstić information content (AvgIpc) is 3.16. The van der Waals surface area contributed by atoms with E-state index < -0.39 is 9.84 Å². The summed E-state index contributed by atoms with van der Waals surface area (Å²) in [4.78, 5) is 7.00. The van der Waals surface area contributed by atoms with Gasteiger partial charge in [-0.1, -0.05) is 39.0 Å². The van der Waals surface area contributed by atoms with Crippen LogP contribution < -0.4 is 10.2 Å². The minimum atomic E-state index is -2.87. The number of nitrogens with zero attached hydrogens (tertiary/aromatic N) is 2. The predicted molar refractivity (Wildman–Crippen MR) is 113 cm³/mol. The highest BCUT2D eigenvalue weighted by atomic mass is 32.2. The molecule has 2 aliphatic heterocycles. The van der Waals surface area contributed by atoms with Gasteiger partial charge in [-0.15, -0.1) is 6.58 Å². The van der Waals surface area contributed by atoms with Crippen LogP contribution in [0.15, 0.2) is 35.8 Å². The summed E-state index contributed by atoms with van der Waals surface area (Å²) in [7, 11) is -2.87. The molecule has 1 fully saturated rings. The molecule has 0 amide bonds. The molecule has 27 heavy (non-hydrogen) atoms. The maximum absolute atomic E-state index is 11.7. The number of hydrogen-bond donors (Lipinski definition) is 1. The molecule has 2 heterocycles. The zero-order chi connectivity index (χ0) is 19.7. The van der Waals surface area contributed by atoms with E-state index in [1.165, 1.54) is 16.8 Å². The van der Waals surface area contributed by atoms with Gasteiger partial charge in [0, 0.05) is 25.3 Å². The van der Waals surface area contributed by atoms with Gasteiger partial charge in [0.2, 0.25) is 0 Å². The van der Waals surface area contributed by atoms with Gasteiger partial charge in [-0.2, -0.15) is 0 Å². The molecular formula is C21H31N3O2S. The Hall–Kier alpha value is -1.82. The first-order chi connectivity index (χ1) is 12.7. The van der Waals surface area contributed by atoms with E-state index in [0.717, 1.165) is 18.9 Å². The van der Waals surface area contributed by atoms with Crippen LogP contribution in [-0.4, -0.2) is 45.5 Å². The lowest BCUT2D eigenvalue weighted by atomic mass is 9.86. The number of aliphatic imine (C=N–C) groups is 1. The summed E-state index contributed by atoms with van der Waals surface area (Å²) < 4.78 is 23.4. The Morgan fingerprint density at radius 1 is 1.41 bits per heavy atom. The van der Waals surface area contributed by atoms with Crippen LogP contribution in [0.5, 0.6) is 0 Å². The number of guanidine groups is 1. The minimum Gasteiger partial charge on any atom is -0.352 e. The van der Waals surface area contributed by atoms with Crippen LogP contribution in [0.1, 0.15) is 38.3 Å². The first kappa shape index (κ1) is 19.9. The van der Waals surface area contributed by atoms with Crippen LogP contribution in [0, 0.1) is 5.92 Å². The number of sulfone groups is 1. The molecule has 0 saturated carbocycles. The zero-order valence-corrected chi connectivity index (χ0v) is 17.5. The van der Waals surface area contributed by atoms with E-state index in [2.05, 4.69) is 55.8 Å². The summed E-state index contributed by atoms with van der Waals surface area (Å²) in [6.07, 6.45) is 3.52. The summed E-state index contributed by atoms with van der Waals surface area (Å²) >= 11 is 0. The lowest BCUT2D eigenvalue weighted by Crippen LogP contribution is -2.41. The summed E-state index contributed by atoms with van der Waals surface area (Å²) in [5, 5.41) is 3.35. The van der Waals surface area contributed by atoms with Gasteiger partial charge in [0.1, 0.15) is 0 Å². The highest BCUT2D eigenvalue weighted by Gasteiger charge is 2.29. The Morgan fingerprint density at radius 3 is 2.81 bits per heavy atom. The largest absolute Gasteiger partial charge is 0.352 e. The lowest BCUT2D eigenvalue weighted by molar-refractivity contribution is 0.589. The van der Waals surface area contributed by atoms with Crippen LogP contribution in [0.3, 0.4) is 0 Å². The van der Waals surface area contributed by atoms with Gasteiger partial charge in [0.15, 0.2) is 15.8 Å². The average molecular weight is 390 g/mol. The van der Waals surface area contributed by atoms with Crippen molar-refractivity contribution < 1.29 is 8.42 Å². The normalized spacial score (nSPS) is 22.0. The van der Waals surface area contributed by atoms with Crippen molar-refractivity contribution in [2.45, 2.75) is 39.0 Å². The maximum Gasteiger partial charge on any atom is 0.198 e. The molecule has 148 valence electrons. The fraction of sp³-hybridized carbons (Fsp3) is 0.571. The molecule has 5 nitrogen and oxygen atoms in total. The van der Waals surface area contributed by atoms with E-state index >= 15 is 0 Å². The molecule has 1 atom stereocenters. The molecule has 0 bridgehead atoms. The topological polar surface area (TPSA) is 61.8 Å². The van der Waals surface area contributed by atoms with Crippen molar-refractivity contribution in [1.29, 1.82) is 0 Å². The van der Waals surface area contributed by atoms with Crippen LogP contribution in [-0.2, 0) is 21.7 Å². The van der Waals surface area contributed by atoms with Gasteiger partial charge in [0.25, 0.3) is 0 Å². The van der Waals surface area contributed by atoms with Crippen molar-refractivity contribution in [2.75, 3.05) is 36.0 Å². The molecule has 0 aliphatic carbocycles. The monoisotopic (exact) mass is 389 g/mol.